The number of nitrogens with zero attached hydrogens (tertiary/aromatic N) is 2. The van der Waals surface area contributed by atoms with Gasteiger partial charge in [-0.25, -0.2) is 4.68 Å². The standard InChI is InChI=1S/C15H15N3O4/c1-2-16-14(19)8-18-15(20)6-4-11(17-18)10-3-5-12-13(7-10)22-9-21-12/h3-7H,2,8-9H2,1H3,(H,16,19). The van der Waals surface area contributed by atoms with Crippen molar-refractivity contribution in [3.63, 3.8) is 0 Å². The van der Waals surface area contributed by atoms with Crippen LogP contribution in [-0.2, 0) is 11.3 Å². The second-order valence-corrected chi connectivity index (χ2v) is 4.74. The normalized spacial score (nSPS) is 12.2. The average Bonchev–Trinajstić information content (AvgIpc) is 2.97. The number of likely N-dealkylation sites (N-methyl/N-ethyl adjacent to an activating group) is 1. The Bertz CT molecular complexity index is 770. The number of fused-ring (bicyclic) bond motifs is 1. The summed E-state index contributed by atoms with van der Waals surface area (Å²) in [4.78, 5) is 23.4. The van der Waals surface area contributed by atoms with Crippen LogP contribution in [0.25, 0.3) is 11.3 Å². The third kappa shape index (κ3) is 2.78. The minimum Gasteiger partial charge on any atom is -0.454 e. The van der Waals surface area contributed by atoms with Crippen molar-refractivity contribution in [1.82, 2.24) is 15.1 Å². The molecule has 1 aliphatic rings. The Morgan fingerprint density at radius 1 is 1.27 bits per heavy atom. The van der Waals surface area contributed by atoms with Gasteiger partial charge in [-0.15, -0.1) is 0 Å². The Kier molecular flexibility index (Phi) is 3.78. The van der Waals surface area contributed by atoms with Crippen LogP contribution in [0, 0.1) is 0 Å². The van der Waals surface area contributed by atoms with E-state index >= 15 is 0 Å². The number of aromatic nitrogens is 2. The molecule has 1 N–H and O–H groups in total. The van der Waals surface area contributed by atoms with Crippen molar-refractivity contribution in [2.24, 2.45) is 0 Å². The van der Waals surface area contributed by atoms with Gasteiger partial charge in [-0.2, -0.15) is 5.10 Å². The maximum Gasteiger partial charge on any atom is 0.267 e. The number of hydrogen-bond acceptors (Lipinski definition) is 5. The number of nitrogens with one attached hydrogen (secondary N) is 1. The highest BCUT2D eigenvalue weighted by molar-refractivity contribution is 5.75. The van der Waals surface area contributed by atoms with E-state index in [0.29, 0.717) is 23.7 Å². The number of hydrogen-bond donors (Lipinski definition) is 1. The predicted molar refractivity (Wildman–Crippen MR) is 78.7 cm³/mol. The van der Waals surface area contributed by atoms with Gasteiger partial charge in [0.25, 0.3) is 5.56 Å². The molecule has 114 valence electrons. The summed E-state index contributed by atoms with van der Waals surface area (Å²) in [5.74, 6) is 1.07. The summed E-state index contributed by atoms with van der Waals surface area (Å²) >= 11 is 0. The van der Waals surface area contributed by atoms with Crippen molar-refractivity contribution in [3.8, 4) is 22.8 Å². The molecule has 0 saturated heterocycles. The zero-order valence-corrected chi connectivity index (χ0v) is 12.0. The molecule has 7 heteroatoms. The SMILES string of the molecule is CCNC(=O)Cn1nc(-c2ccc3c(c2)OCO3)ccc1=O. The van der Waals surface area contributed by atoms with E-state index in [2.05, 4.69) is 10.4 Å². The van der Waals surface area contributed by atoms with Gasteiger partial charge in [0.15, 0.2) is 11.5 Å². The zero-order chi connectivity index (χ0) is 15.5. The predicted octanol–water partition coefficient (Wildman–Crippen LogP) is 0.775. The maximum atomic E-state index is 11.8. The lowest BCUT2D eigenvalue weighted by Gasteiger charge is -2.07. The lowest BCUT2D eigenvalue weighted by atomic mass is 10.1. The van der Waals surface area contributed by atoms with Gasteiger partial charge in [-0.1, -0.05) is 0 Å². The van der Waals surface area contributed by atoms with Crippen LogP contribution in [0.1, 0.15) is 6.92 Å². The molecule has 0 aliphatic carbocycles. The molecule has 0 atom stereocenters. The van der Waals surface area contributed by atoms with Crippen LogP contribution >= 0.6 is 0 Å². The topological polar surface area (TPSA) is 82.5 Å². The highest BCUT2D eigenvalue weighted by Gasteiger charge is 2.15. The van der Waals surface area contributed by atoms with Crippen molar-refractivity contribution >= 4 is 5.91 Å². The van der Waals surface area contributed by atoms with Crippen molar-refractivity contribution in [1.29, 1.82) is 0 Å². The van der Waals surface area contributed by atoms with E-state index in [9.17, 15) is 9.59 Å². The second-order valence-electron chi connectivity index (χ2n) is 4.74. The summed E-state index contributed by atoms with van der Waals surface area (Å²) < 4.78 is 11.7. The molecule has 0 bridgehead atoms. The van der Waals surface area contributed by atoms with E-state index in [-0.39, 0.29) is 24.8 Å². The van der Waals surface area contributed by atoms with E-state index in [0.717, 1.165) is 10.2 Å². The molecule has 0 unspecified atom stereocenters. The summed E-state index contributed by atoms with van der Waals surface area (Å²) in [7, 11) is 0. The highest BCUT2D eigenvalue weighted by Crippen LogP contribution is 2.35. The highest BCUT2D eigenvalue weighted by atomic mass is 16.7. The lowest BCUT2D eigenvalue weighted by Crippen LogP contribution is -2.33. The van der Waals surface area contributed by atoms with Gasteiger partial charge >= 0.3 is 0 Å². The summed E-state index contributed by atoms with van der Waals surface area (Å²) in [6, 6.07) is 8.43. The number of amides is 1. The second kappa shape index (κ2) is 5.88. The first-order valence-electron chi connectivity index (χ1n) is 6.92. The van der Waals surface area contributed by atoms with Crippen LogP contribution in [0.4, 0.5) is 0 Å². The van der Waals surface area contributed by atoms with Crippen molar-refractivity contribution in [2.75, 3.05) is 13.3 Å². The van der Waals surface area contributed by atoms with Crippen LogP contribution < -0.4 is 20.3 Å². The lowest BCUT2D eigenvalue weighted by molar-refractivity contribution is -0.121. The Morgan fingerprint density at radius 3 is 2.91 bits per heavy atom. The molecule has 2 aromatic rings. The first-order chi connectivity index (χ1) is 10.7. The van der Waals surface area contributed by atoms with Gasteiger partial charge < -0.3 is 14.8 Å². The molecule has 1 aliphatic heterocycles. The Labute approximate surface area is 126 Å². The minimum atomic E-state index is -0.323. The third-order valence-corrected chi connectivity index (χ3v) is 3.20. The van der Waals surface area contributed by atoms with E-state index < -0.39 is 0 Å². The van der Waals surface area contributed by atoms with Crippen LogP contribution in [0.2, 0.25) is 0 Å². The molecule has 3 rings (SSSR count). The summed E-state index contributed by atoms with van der Waals surface area (Å²) in [5, 5.41) is 6.88. The molecular formula is C15H15N3O4. The van der Waals surface area contributed by atoms with E-state index in [1.807, 2.05) is 13.0 Å². The van der Waals surface area contributed by atoms with Gasteiger partial charge in [-0.05, 0) is 31.2 Å². The maximum absolute atomic E-state index is 11.8. The van der Waals surface area contributed by atoms with E-state index in [4.69, 9.17) is 9.47 Å². The number of carbonyl (C=O) groups excluding carboxylic acids is 1. The third-order valence-electron chi connectivity index (χ3n) is 3.20. The largest absolute Gasteiger partial charge is 0.454 e. The summed E-state index contributed by atoms with van der Waals surface area (Å²) in [6.07, 6.45) is 0. The molecule has 22 heavy (non-hydrogen) atoms. The van der Waals surface area contributed by atoms with Gasteiger partial charge in [0.1, 0.15) is 6.54 Å². The number of ether oxygens (including phenoxy) is 2. The smallest absolute Gasteiger partial charge is 0.267 e. The molecule has 0 spiro atoms. The Hall–Kier alpha value is -2.83. The fourth-order valence-corrected chi connectivity index (χ4v) is 2.16. The zero-order valence-electron chi connectivity index (χ0n) is 12.0. The molecular weight excluding hydrogens is 286 g/mol. The van der Waals surface area contributed by atoms with Crippen molar-refractivity contribution < 1.29 is 14.3 Å². The van der Waals surface area contributed by atoms with Crippen LogP contribution in [0.3, 0.4) is 0 Å². The molecule has 1 aromatic carbocycles. The first-order valence-corrected chi connectivity index (χ1v) is 6.92. The van der Waals surface area contributed by atoms with Gasteiger partial charge in [0.05, 0.1) is 5.69 Å². The van der Waals surface area contributed by atoms with Crippen molar-refractivity contribution in [3.05, 3.63) is 40.7 Å². The van der Waals surface area contributed by atoms with Gasteiger partial charge in [-0.3, -0.25) is 9.59 Å². The van der Waals surface area contributed by atoms with Gasteiger partial charge in [0, 0.05) is 18.2 Å². The number of benzene rings is 1. The molecule has 1 aromatic heterocycles. The minimum absolute atomic E-state index is 0.106. The van der Waals surface area contributed by atoms with E-state index in [1.54, 1.807) is 18.2 Å². The fourth-order valence-electron chi connectivity index (χ4n) is 2.16. The van der Waals surface area contributed by atoms with Crippen molar-refractivity contribution in [2.45, 2.75) is 13.5 Å². The fraction of sp³-hybridized carbons (Fsp3) is 0.267. The van der Waals surface area contributed by atoms with Gasteiger partial charge in [0.2, 0.25) is 12.7 Å². The average molecular weight is 301 g/mol. The molecule has 7 nitrogen and oxygen atoms in total. The van der Waals surface area contributed by atoms with E-state index in [1.165, 1.54) is 6.07 Å². The molecule has 1 amide bonds. The Morgan fingerprint density at radius 2 is 2.09 bits per heavy atom. The van der Waals surface area contributed by atoms with Crippen LogP contribution in [-0.4, -0.2) is 29.0 Å². The summed E-state index contributed by atoms with van der Waals surface area (Å²) in [6.45, 7) is 2.42. The molecule has 0 radical (unpaired) electrons. The summed E-state index contributed by atoms with van der Waals surface area (Å²) in [5.41, 5.74) is 1.05. The number of carbonyl (C=O) groups is 1. The molecule has 0 saturated carbocycles. The Balaban J connectivity index is 1.91. The van der Waals surface area contributed by atoms with Crippen LogP contribution in [0.5, 0.6) is 11.5 Å². The van der Waals surface area contributed by atoms with Crippen LogP contribution in [0.15, 0.2) is 35.1 Å². The first kappa shape index (κ1) is 14.1. The number of rotatable bonds is 4. The quantitative estimate of drug-likeness (QED) is 0.902. The monoisotopic (exact) mass is 301 g/mol. The molecule has 2 heterocycles. The molecule has 0 fully saturated rings.